The van der Waals surface area contributed by atoms with Crippen LogP contribution in [0.25, 0.3) is 0 Å². The first-order valence-electron chi connectivity index (χ1n) is 7.64. The normalized spacial score (nSPS) is 22.3. The number of aromatic hydroxyl groups is 1. The molecular weight excluding hydrogens is 340 g/mol. The fourth-order valence-corrected chi connectivity index (χ4v) is 5.03. The van der Waals surface area contributed by atoms with Gasteiger partial charge in [0.05, 0.1) is 5.41 Å². The Hall–Kier alpha value is -2.18. The van der Waals surface area contributed by atoms with Gasteiger partial charge in [-0.1, -0.05) is 12.1 Å². The van der Waals surface area contributed by atoms with E-state index in [1.165, 1.54) is 11.3 Å². The van der Waals surface area contributed by atoms with Crippen molar-refractivity contribution in [1.82, 2.24) is 4.98 Å². The molecule has 0 saturated carbocycles. The summed E-state index contributed by atoms with van der Waals surface area (Å²) in [5.41, 5.74) is 1.53. The summed E-state index contributed by atoms with van der Waals surface area (Å²) in [4.78, 5) is 18.4. The highest BCUT2D eigenvalue weighted by Gasteiger charge is 2.49. The Morgan fingerprint density at radius 2 is 2.21 bits per heavy atom. The molecule has 1 amide bonds. The molecule has 2 unspecified atom stereocenters. The van der Waals surface area contributed by atoms with Crippen LogP contribution in [-0.4, -0.2) is 16.0 Å². The molecule has 1 aliphatic carbocycles. The van der Waals surface area contributed by atoms with Crippen LogP contribution in [0.3, 0.4) is 0 Å². The summed E-state index contributed by atoms with van der Waals surface area (Å²) in [6, 6.07) is 9.47. The topological polar surface area (TPSA) is 62.2 Å². The number of anilines is 1. The highest BCUT2D eigenvalue weighted by atomic mass is 32.1. The first-order chi connectivity index (χ1) is 11.6. The van der Waals surface area contributed by atoms with E-state index in [9.17, 15) is 9.90 Å². The molecular formula is C18H16N2O2S2. The van der Waals surface area contributed by atoms with Gasteiger partial charge in [-0.25, -0.2) is 4.98 Å². The number of aromatic nitrogens is 1. The Morgan fingerprint density at radius 1 is 1.33 bits per heavy atom. The number of benzene rings is 1. The number of nitrogens with zero attached hydrogens (tertiary/aromatic N) is 1. The van der Waals surface area contributed by atoms with E-state index in [4.69, 9.17) is 0 Å². The lowest BCUT2D eigenvalue weighted by molar-refractivity contribution is -0.125. The molecule has 2 heterocycles. The Morgan fingerprint density at radius 3 is 2.92 bits per heavy atom. The maximum atomic E-state index is 13.1. The number of fused-ring (bicyclic) bond motifs is 1. The molecule has 122 valence electrons. The van der Waals surface area contributed by atoms with Crippen LogP contribution in [0.1, 0.15) is 28.8 Å². The Bertz CT molecular complexity index is 875. The van der Waals surface area contributed by atoms with Gasteiger partial charge in [0.25, 0.3) is 0 Å². The number of amides is 1. The van der Waals surface area contributed by atoms with E-state index in [1.54, 1.807) is 29.7 Å². The molecule has 2 N–H and O–H groups in total. The van der Waals surface area contributed by atoms with Gasteiger partial charge in [-0.05, 0) is 48.1 Å². The van der Waals surface area contributed by atoms with Gasteiger partial charge in [0.1, 0.15) is 5.75 Å². The predicted octanol–water partition coefficient (Wildman–Crippen LogP) is 4.24. The van der Waals surface area contributed by atoms with E-state index >= 15 is 0 Å². The third-order valence-electron chi connectivity index (χ3n) is 4.63. The lowest BCUT2D eigenvalue weighted by Crippen LogP contribution is -2.37. The van der Waals surface area contributed by atoms with E-state index < -0.39 is 5.41 Å². The van der Waals surface area contributed by atoms with Crippen LogP contribution in [0, 0.1) is 5.41 Å². The molecule has 24 heavy (non-hydrogen) atoms. The SMILES string of the molecule is CC1(C(=O)Nc2nccs2)Cc2ccc(O)cc2C1c1cccs1. The molecule has 0 bridgehead atoms. The molecule has 4 nitrogen and oxygen atoms in total. The highest BCUT2D eigenvalue weighted by Crippen LogP contribution is 2.53. The highest BCUT2D eigenvalue weighted by molar-refractivity contribution is 7.13. The number of hydrogen-bond acceptors (Lipinski definition) is 5. The molecule has 1 aliphatic rings. The Labute approximate surface area is 147 Å². The number of thiazole rings is 1. The minimum atomic E-state index is -0.618. The quantitative estimate of drug-likeness (QED) is 0.738. The second-order valence-electron chi connectivity index (χ2n) is 6.22. The van der Waals surface area contributed by atoms with Gasteiger partial charge in [-0.3, -0.25) is 4.79 Å². The largest absolute Gasteiger partial charge is 0.508 e. The van der Waals surface area contributed by atoms with E-state index in [0.29, 0.717) is 11.6 Å². The van der Waals surface area contributed by atoms with Crippen molar-refractivity contribution in [2.75, 3.05) is 5.32 Å². The molecule has 0 aliphatic heterocycles. The number of phenolic OH excluding ortho intramolecular Hbond substituents is 1. The maximum absolute atomic E-state index is 13.1. The summed E-state index contributed by atoms with van der Waals surface area (Å²) in [5, 5.41) is 17.4. The molecule has 0 fully saturated rings. The summed E-state index contributed by atoms with van der Waals surface area (Å²) in [7, 11) is 0. The van der Waals surface area contributed by atoms with Crippen molar-refractivity contribution in [3.05, 3.63) is 63.3 Å². The van der Waals surface area contributed by atoms with Crippen molar-refractivity contribution in [3.63, 3.8) is 0 Å². The van der Waals surface area contributed by atoms with Gasteiger partial charge in [0.2, 0.25) is 5.91 Å². The van der Waals surface area contributed by atoms with Crippen LogP contribution >= 0.6 is 22.7 Å². The van der Waals surface area contributed by atoms with Crippen molar-refractivity contribution in [1.29, 1.82) is 0 Å². The average molecular weight is 356 g/mol. The van der Waals surface area contributed by atoms with Crippen LogP contribution in [0.5, 0.6) is 5.75 Å². The summed E-state index contributed by atoms with van der Waals surface area (Å²) in [5.74, 6) is 0.131. The molecule has 4 rings (SSSR count). The van der Waals surface area contributed by atoms with Crippen molar-refractivity contribution < 1.29 is 9.90 Å². The standard InChI is InChI=1S/C18H16N2O2S2/c1-18(16(22)20-17-19-6-8-24-17)10-11-4-5-12(21)9-13(11)15(18)14-3-2-7-23-14/h2-9,15,21H,10H2,1H3,(H,19,20,22). The third kappa shape index (κ3) is 2.42. The van der Waals surface area contributed by atoms with Gasteiger partial charge in [-0.2, -0.15) is 0 Å². The maximum Gasteiger partial charge on any atom is 0.233 e. The zero-order valence-corrected chi connectivity index (χ0v) is 14.7. The Kier molecular flexibility index (Phi) is 3.66. The Balaban J connectivity index is 1.78. The molecule has 6 heteroatoms. The van der Waals surface area contributed by atoms with Crippen molar-refractivity contribution in [2.24, 2.45) is 5.41 Å². The zero-order valence-electron chi connectivity index (χ0n) is 13.0. The van der Waals surface area contributed by atoms with Crippen molar-refractivity contribution >= 4 is 33.7 Å². The van der Waals surface area contributed by atoms with Gasteiger partial charge in [0, 0.05) is 22.4 Å². The number of phenols is 1. The molecule has 2 atom stereocenters. The summed E-state index contributed by atoms with van der Waals surface area (Å²) in [6.07, 6.45) is 2.32. The van der Waals surface area contributed by atoms with E-state index in [0.717, 1.165) is 16.0 Å². The van der Waals surface area contributed by atoms with E-state index in [2.05, 4.69) is 16.4 Å². The number of carbonyl (C=O) groups is 1. The predicted molar refractivity (Wildman–Crippen MR) is 96.8 cm³/mol. The average Bonchev–Trinajstić information content (AvgIpc) is 3.26. The lowest BCUT2D eigenvalue weighted by Gasteiger charge is -2.29. The summed E-state index contributed by atoms with van der Waals surface area (Å²) in [6.45, 7) is 2.00. The monoisotopic (exact) mass is 356 g/mol. The zero-order chi connectivity index (χ0) is 16.7. The van der Waals surface area contributed by atoms with Crippen LogP contribution < -0.4 is 5.32 Å². The fourth-order valence-electron chi connectivity index (χ4n) is 3.51. The number of hydrogen-bond donors (Lipinski definition) is 2. The second-order valence-corrected chi connectivity index (χ2v) is 8.09. The molecule has 3 aromatic rings. The second kappa shape index (κ2) is 5.72. The summed E-state index contributed by atoms with van der Waals surface area (Å²) >= 11 is 3.06. The lowest BCUT2D eigenvalue weighted by atomic mass is 9.76. The summed E-state index contributed by atoms with van der Waals surface area (Å²) < 4.78 is 0. The third-order valence-corrected chi connectivity index (χ3v) is 6.26. The van der Waals surface area contributed by atoms with Crippen LogP contribution in [0.4, 0.5) is 5.13 Å². The van der Waals surface area contributed by atoms with E-state index in [1.807, 2.05) is 29.8 Å². The van der Waals surface area contributed by atoms with E-state index in [-0.39, 0.29) is 17.6 Å². The van der Waals surface area contributed by atoms with Crippen molar-refractivity contribution in [2.45, 2.75) is 19.3 Å². The molecule has 2 aromatic heterocycles. The first-order valence-corrected chi connectivity index (χ1v) is 9.40. The molecule has 0 saturated heterocycles. The molecule has 0 radical (unpaired) electrons. The minimum Gasteiger partial charge on any atom is -0.508 e. The first kappa shape index (κ1) is 15.4. The van der Waals surface area contributed by atoms with Gasteiger partial charge in [-0.15, -0.1) is 22.7 Å². The van der Waals surface area contributed by atoms with Crippen molar-refractivity contribution in [3.8, 4) is 5.75 Å². The molecule has 0 spiro atoms. The molecule has 1 aromatic carbocycles. The number of thiophene rings is 1. The van der Waals surface area contributed by atoms with Gasteiger partial charge in [0.15, 0.2) is 5.13 Å². The van der Waals surface area contributed by atoms with Gasteiger partial charge < -0.3 is 10.4 Å². The number of carbonyl (C=O) groups excluding carboxylic acids is 1. The van der Waals surface area contributed by atoms with Crippen LogP contribution in [0.2, 0.25) is 0 Å². The minimum absolute atomic E-state index is 0.0356. The number of rotatable bonds is 3. The van der Waals surface area contributed by atoms with Crippen LogP contribution in [0.15, 0.2) is 47.3 Å². The van der Waals surface area contributed by atoms with Gasteiger partial charge >= 0.3 is 0 Å². The van der Waals surface area contributed by atoms with Crippen LogP contribution in [-0.2, 0) is 11.2 Å². The fraction of sp³-hybridized carbons (Fsp3) is 0.222. The smallest absolute Gasteiger partial charge is 0.233 e. The number of nitrogens with one attached hydrogen (secondary N) is 1.